The van der Waals surface area contributed by atoms with E-state index < -0.39 is 41.9 Å². The van der Waals surface area contributed by atoms with Gasteiger partial charge in [0.2, 0.25) is 0 Å². The van der Waals surface area contributed by atoms with Crippen molar-refractivity contribution in [2.45, 2.75) is 19.3 Å². The van der Waals surface area contributed by atoms with E-state index in [1.165, 1.54) is 35.2 Å². The van der Waals surface area contributed by atoms with E-state index >= 15 is 0 Å². The van der Waals surface area contributed by atoms with E-state index in [0.29, 0.717) is 26.2 Å². The van der Waals surface area contributed by atoms with E-state index in [0.717, 1.165) is 64.3 Å². The summed E-state index contributed by atoms with van der Waals surface area (Å²) in [6, 6.07) is 21.2. The highest BCUT2D eigenvalue weighted by atomic mass is 35.5. The van der Waals surface area contributed by atoms with Gasteiger partial charge in [0.15, 0.2) is 4.32 Å². The number of carboxylic acid groups (broad SMARTS) is 1. The molecule has 58 heavy (non-hydrogen) atoms. The lowest BCUT2D eigenvalue weighted by Gasteiger charge is -2.14. The van der Waals surface area contributed by atoms with Gasteiger partial charge in [-0.1, -0.05) is 89.4 Å². The molecule has 298 valence electrons. The first kappa shape index (κ1) is 42.5. The van der Waals surface area contributed by atoms with E-state index in [4.69, 9.17) is 50.0 Å². The summed E-state index contributed by atoms with van der Waals surface area (Å²) < 4.78 is 89.2. The number of alkyl halides is 6. The van der Waals surface area contributed by atoms with Crippen LogP contribution in [0, 0.1) is 6.92 Å². The molecule has 0 aliphatic carbocycles. The van der Waals surface area contributed by atoms with Gasteiger partial charge in [-0.25, -0.2) is 0 Å². The molecule has 7 rings (SSSR count). The number of rotatable bonds is 7. The minimum atomic E-state index is -4.53. The Balaban J connectivity index is 0.000000196. The largest absolute Gasteiger partial charge is 0.480 e. The number of thioether (sulfide) groups is 2. The SMILES string of the molecule is Cc1ccc(N2C(=O)/C(=C/c3ccc(-c4cccc(C(F)(F)F)c4)o3)SC2=S)cc1.O=C(O)CN1C(=O)/C(=C/c2ccc(-c3cc(C(F)(F)F)ccc3Cl)o2)SC1=S. The molecule has 0 bridgehead atoms. The Hall–Kier alpha value is -5.14. The molecule has 19 heteroatoms. The zero-order chi connectivity index (χ0) is 42.1. The van der Waals surface area contributed by atoms with Crippen molar-refractivity contribution in [1.82, 2.24) is 4.90 Å². The standard InChI is InChI=1S/C22H14F3NO2S2.C17H9ClF3NO4S2/c1-13-5-7-16(8-6-13)26-20(27)19(30-21(26)29)12-17-9-10-18(28-17)14-3-2-4-15(11-14)22(23,24)25;18-11-3-1-8(17(19,20)21)5-10(11)12-4-2-9(26-12)6-13-15(25)22(7-14(23)24)16(27)28-13/h2-12H,1H3;1-6H,7H2,(H,23,24)/b19-12-;13-6-. The zero-order valence-electron chi connectivity index (χ0n) is 29.2. The zero-order valence-corrected chi connectivity index (χ0v) is 33.2. The van der Waals surface area contributed by atoms with Crippen molar-refractivity contribution in [2.24, 2.45) is 0 Å². The quantitative estimate of drug-likeness (QED) is 0.0965. The Morgan fingerprint density at radius 2 is 1.33 bits per heavy atom. The second-order valence-corrected chi connectivity index (χ2v) is 15.9. The Morgan fingerprint density at radius 3 is 1.95 bits per heavy atom. The van der Waals surface area contributed by atoms with Crippen LogP contribution in [0.25, 0.3) is 34.8 Å². The molecule has 0 unspecified atom stereocenters. The third kappa shape index (κ3) is 9.75. The summed E-state index contributed by atoms with van der Waals surface area (Å²) in [5, 5.41) is 8.90. The molecule has 8 nitrogen and oxygen atoms in total. The van der Waals surface area contributed by atoms with Gasteiger partial charge in [0.05, 0.1) is 31.6 Å². The molecule has 2 amide bonds. The van der Waals surface area contributed by atoms with Gasteiger partial charge in [-0.2, -0.15) is 26.3 Å². The Kier molecular flexibility index (Phi) is 12.4. The lowest BCUT2D eigenvalue weighted by Crippen LogP contribution is -2.33. The van der Waals surface area contributed by atoms with Crippen LogP contribution in [0.5, 0.6) is 0 Å². The number of nitrogens with zero attached hydrogens (tertiary/aromatic N) is 2. The van der Waals surface area contributed by atoms with Crippen molar-refractivity contribution in [3.63, 3.8) is 0 Å². The van der Waals surface area contributed by atoms with Crippen molar-refractivity contribution in [1.29, 1.82) is 0 Å². The molecular weight excluding hydrogens is 870 g/mol. The minimum Gasteiger partial charge on any atom is -0.480 e. The van der Waals surface area contributed by atoms with Crippen LogP contribution in [-0.2, 0) is 26.7 Å². The van der Waals surface area contributed by atoms with E-state index in [-0.39, 0.29) is 43.0 Å². The molecule has 2 aliphatic heterocycles. The second-order valence-electron chi connectivity index (χ2n) is 12.2. The number of hydrogen-bond donors (Lipinski definition) is 1. The van der Waals surface area contributed by atoms with Gasteiger partial charge < -0.3 is 13.9 Å². The van der Waals surface area contributed by atoms with E-state index in [1.54, 1.807) is 18.2 Å². The normalized spacial score (nSPS) is 16.1. The summed E-state index contributed by atoms with van der Waals surface area (Å²) in [6.45, 7) is 1.39. The number of thiocarbonyl (C=S) groups is 2. The Bertz CT molecular complexity index is 2530. The van der Waals surface area contributed by atoms with Crippen molar-refractivity contribution >= 4 is 104 Å². The monoisotopic (exact) mass is 892 g/mol. The summed E-state index contributed by atoms with van der Waals surface area (Å²) in [6.07, 6.45) is -6.08. The van der Waals surface area contributed by atoms with E-state index in [2.05, 4.69) is 0 Å². The number of furan rings is 2. The van der Waals surface area contributed by atoms with Gasteiger partial charge in [0, 0.05) is 23.3 Å². The van der Waals surface area contributed by atoms with Gasteiger partial charge >= 0.3 is 18.3 Å². The molecular formula is C39H23ClF6N2O6S4. The summed E-state index contributed by atoms with van der Waals surface area (Å²) >= 11 is 18.4. The maximum atomic E-state index is 12.9. The number of aryl methyl sites for hydroxylation is 1. The van der Waals surface area contributed by atoms with Gasteiger partial charge in [-0.15, -0.1) is 0 Å². The lowest BCUT2D eigenvalue weighted by molar-refractivity contribution is -0.140. The molecule has 0 radical (unpaired) electrons. The van der Waals surface area contributed by atoms with E-state index in [1.807, 2.05) is 31.2 Å². The Morgan fingerprint density at radius 1 is 0.759 bits per heavy atom. The van der Waals surface area contributed by atoms with Crippen LogP contribution >= 0.6 is 59.6 Å². The van der Waals surface area contributed by atoms with Crippen LogP contribution in [0.2, 0.25) is 5.02 Å². The predicted molar refractivity (Wildman–Crippen MR) is 218 cm³/mol. The van der Waals surface area contributed by atoms with Gasteiger partial charge in [-0.3, -0.25) is 24.2 Å². The lowest BCUT2D eigenvalue weighted by atomic mass is 10.1. The van der Waals surface area contributed by atoms with Crippen molar-refractivity contribution in [3.05, 3.63) is 134 Å². The number of carbonyl (C=O) groups is 3. The van der Waals surface area contributed by atoms with Crippen LogP contribution < -0.4 is 4.90 Å². The summed E-state index contributed by atoms with van der Waals surface area (Å²) in [4.78, 5) is 38.8. The molecule has 5 aromatic rings. The van der Waals surface area contributed by atoms with Crippen molar-refractivity contribution < 1.29 is 54.7 Å². The number of halogens is 7. The fraction of sp³-hybridized carbons (Fsp3) is 0.103. The van der Waals surface area contributed by atoms with Crippen molar-refractivity contribution in [2.75, 3.05) is 11.4 Å². The molecule has 0 saturated carbocycles. The highest BCUT2D eigenvalue weighted by molar-refractivity contribution is 8.27. The van der Waals surface area contributed by atoms with Gasteiger partial charge in [-0.05, 0) is 73.7 Å². The first-order chi connectivity index (χ1) is 27.3. The average Bonchev–Trinajstić information content (AvgIpc) is 3.93. The maximum Gasteiger partial charge on any atom is 0.416 e. The van der Waals surface area contributed by atoms with Crippen LogP contribution in [0.15, 0.2) is 110 Å². The fourth-order valence-electron chi connectivity index (χ4n) is 5.31. The summed E-state index contributed by atoms with van der Waals surface area (Å²) in [7, 11) is 0. The molecule has 2 aliphatic rings. The topological polar surface area (TPSA) is 104 Å². The number of carboxylic acids is 1. The summed E-state index contributed by atoms with van der Waals surface area (Å²) in [5.41, 5.74) is 0.468. The van der Waals surface area contributed by atoms with Crippen LogP contribution in [0.1, 0.15) is 28.2 Å². The third-order valence-electron chi connectivity index (χ3n) is 8.09. The molecule has 1 N–H and O–H groups in total. The van der Waals surface area contributed by atoms with Crippen molar-refractivity contribution in [3.8, 4) is 22.6 Å². The maximum absolute atomic E-state index is 12.9. The highest BCUT2D eigenvalue weighted by Gasteiger charge is 2.36. The fourth-order valence-corrected chi connectivity index (χ4v) is 8.04. The average molecular weight is 893 g/mol. The molecule has 2 aromatic heterocycles. The van der Waals surface area contributed by atoms with Gasteiger partial charge in [0.1, 0.15) is 33.9 Å². The van der Waals surface area contributed by atoms with Crippen LogP contribution in [-0.4, -0.2) is 43.0 Å². The molecule has 3 aromatic carbocycles. The number of anilines is 1. The third-order valence-corrected chi connectivity index (χ3v) is 11.1. The number of aliphatic carboxylic acids is 1. The second kappa shape index (κ2) is 17.0. The molecule has 2 saturated heterocycles. The number of benzene rings is 3. The minimum absolute atomic E-state index is 0.0505. The van der Waals surface area contributed by atoms with Crippen LogP contribution in [0.4, 0.5) is 32.0 Å². The smallest absolute Gasteiger partial charge is 0.416 e. The first-order valence-corrected chi connectivity index (χ1v) is 19.2. The molecule has 0 atom stereocenters. The molecule has 2 fully saturated rings. The highest BCUT2D eigenvalue weighted by Crippen LogP contribution is 2.40. The Labute approximate surface area is 349 Å². The predicted octanol–water partition coefficient (Wildman–Crippen LogP) is 11.6. The number of amides is 2. The summed E-state index contributed by atoms with van der Waals surface area (Å²) in [5.74, 6) is -1.17. The van der Waals surface area contributed by atoms with Gasteiger partial charge in [0.25, 0.3) is 11.8 Å². The first-order valence-electron chi connectivity index (χ1n) is 16.3. The van der Waals surface area contributed by atoms with Crippen LogP contribution in [0.3, 0.4) is 0 Å². The molecule has 4 heterocycles. The number of carbonyl (C=O) groups excluding carboxylic acids is 2. The number of hydrogen-bond acceptors (Lipinski definition) is 9. The van der Waals surface area contributed by atoms with E-state index in [9.17, 15) is 40.7 Å². The molecule has 0 spiro atoms.